The van der Waals surface area contributed by atoms with Gasteiger partial charge in [0.25, 0.3) is 5.91 Å². The lowest BCUT2D eigenvalue weighted by Crippen LogP contribution is -2.52. The first-order chi connectivity index (χ1) is 29.2. The summed E-state index contributed by atoms with van der Waals surface area (Å²) in [6.07, 6.45) is 10.9. The molecule has 0 bridgehead atoms. The van der Waals surface area contributed by atoms with E-state index in [4.69, 9.17) is 4.74 Å². The number of aromatic nitrogens is 2. The van der Waals surface area contributed by atoms with E-state index in [1.807, 2.05) is 11.0 Å². The Morgan fingerprint density at radius 2 is 1.65 bits per heavy atom. The monoisotopic (exact) mass is 824 g/mol. The molecular weight excluding hydrogens is 771 g/mol. The van der Waals surface area contributed by atoms with Crippen molar-refractivity contribution < 1.29 is 32.7 Å². The lowest BCUT2D eigenvalue weighted by atomic mass is 9.85. The number of para-hydroxylation sites is 1. The van der Waals surface area contributed by atoms with E-state index in [9.17, 15) is 23.6 Å². The molecule has 0 saturated carbocycles. The molecule has 5 aliphatic rings. The van der Waals surface area contributed by atoms with Crippen LogP contribution in [0, 0.1) is 11.6 Å². The van der Waals surface area contributed by atoms with Crippen LogP contribution in [0.15, 0.2) is 49.3 Å². The number of carbonyl (C=O) groups is 4. The van der Waals surface area contributed by atoms with Gasteiger partial charge in [-0.3, -0.25) is 24.5 Å². The first-order valence-electron chi connectivity index (χ1n) is 21.5. The topological polar surface area (TPSA) is 132 Å². The molecule has 0 spiro atoms. The van der Waals surface area contributed by atoms with Crippen molar-refractivity contribution in [2.45, 2.75) is 89.3 Å². The second kappa shape index (κ2) is 18.4. The molecule has 60 heavy (non-hydrogen) atoms. The van der Waals surface area contributed by atoms with Crippen LogP contribution in [-0.2, 0) is 33.9 Å². The Hall–Kier alpha value is -5.44. The molecule has 5 aliphatic heterocycles. The number of likely N-dealkylation sites (tertiary alicyclic amines) is 1. The molecule has 6 heterocycles. The molecule has 1 aromatic heterocycles. The lowest BCUT2D eigenvalue weighted by molar-refractivity contribution is -0.137. The zero-order chi connectivity index (χ0) is 41.8. The van der Waals surface area contributed by atoms with Crippen molar-refractivity contribution in [3.05, 3.63) is 88.9 Å². The van der Waals surface area contributed by atoms with Gasteiger partial charge in [0.1, 0.15) is 41.3 Å². The van der Waals surface area contributed by atoms with E-state index in [1.165, 1.54) is 23.1 Å². The Labute approximate surface area is 349 Å². The second-order valence-electron chi connectivity index (χ2n) is 16.6. The van der Waals surface area contributed by atoms with Crippen molar-refractivity contribution >= 4 is 35.1 Å². The molecule has 3 aromatic rings. The maximum absolute atomic E-state index is 15.4. The van der Waals surface area contributed by atoms with E-state index in [1.54, 1.807) is 23.4 Å². The Morgan fingerprint density at radius 3 is 2.43 bits per heavy atom. The van der Waals surface area contributed by atoms with Gasteiger partial charge in [-0.1, -0.05) is 31.9 Å². The van der Waals surface area contributed by atoms with Crippen molar-refractivity contribution in [3.8, 4) is 5.75 Å². The summed E-state index contributed by atoms with van der Waals surface area (Å²) in [5.74, 6) is -0.371. The molecule has 2 aromatic carbocycles. The van der Waals surface area contributed by atoms with Crippen LogP contribution in [0.4, 0.5) is 20.3 Å². The van der Waals surface area contributed by atoms with E-state index in [2.05, 4.69) is 31.7 Å². The summed E-state index contributed by atoms with van der Waals surface area (Å²) in [6, 6.07) is 7.14. The standard InChI is InChI=1S/C45H54F2N8O5/c1-2-41(57)52-20-22-53(23-21-52)43-32-15-19-54(28-37(32)48-29-49-43)42-36(47)9-8-10-39(42)60-24-7-5-3-4-6-16-51-17-13-30(14-18-51)33-25-31(46)26-34-35(33)27-55(45(34)59)38-11-12-40(56)50-44(38)58/h2,8-10,25-26,29-30,38H,1,3-7,11-24,27-28H2,(H,50,56,58). The molecule has 3 fully saturated rings. The number of unbranched alkanes of at least 4 members (excludes halogenated alkanes) is 4. The summed E-state index contributed by atoms with van der Waals surface area (Å²) in [5, 5.41) is 2.33. The molecule has 8 rings (SSSR count). The van der Waals surface area contributed by atoms with E-state index in [0.717, 1.165) is 92.8 Å². The van der Waals surface area contributed by atoms with Crippen molar-refractivity contribution in [3.63, 3.8) is 0 Å². The van der Waals surface area contributed by atoms with E-state index in [-0.39, 0.29) is 48.8 Å². The van der Waals surface area contributed by atoms with Gasteiger partial charge in [-0.15, -0.1) is 0 Å². The van der Waals surface area contributed by atoms with Crippen LogP contribution >= 0.6 is 0 Å². The van der Waals surface area contributed by atoms with Gasteiger partial charge < -0.3 is 29.2 Å². The first-order valence-corrected chi connectivity index (χ1v) is 21.5. The number of piperazine rings is 1. The molecular formula is C45H54F2N8O5. The summed E-state index contributed by atoms with van der Waals surface area (Å²) in [7, 11) is 0. The summed E-state index contributed by atoms with van der Waals surface area (Å²) in [5.41, 5.74) is 4.44. The fourth-order valence-corrected chi connectivity index (χ4v) is 9.62. The molecule has 0 radical (unpaired) electrons. The number of imide groups is 1. The van der Waals surface area contributed by atoms with Crippen molar-refractivity contribution in [1.29, 1.82) is 0 Å². The van der Waals surface area contributed by atoms with Gasteiger partial charge in [0.15, 0.2) is 0 Å². The Balaban J connectivity index is 0.756. The Kier molecular flexibility index (Phi) is 12.7. The minimum atomic E-state index is -0.721. The SMILES string of the molecule is C=CC(=O)N1CCN(c2ncnc3c2CCN(c2c(F)cccc2OCCCCCCCN2CCC(c4cc(F)cc5c4CN(C4CCC(=O)NC4=O)C5=O)CC2)C3)CC1. The minimum Gasteiger partial charge on any atom is -0.491 e. The number of hydrogen-bond acceptors (Lipinski definition) is 10. The van der Waals surface area contributed by atoms with Crippen molar-refractivity contribution in [2.75, 3.05) is 68.8 Å². The van der Waals surface area contributed by atoms with Crippen LogP contribution in [0.1, 0.15) is 96.4 Å². The number of nitrogens with zero attached hydrogens (tertiary/aromatic N) is 7. The highest BCUT2D eigenvalue weighted by Crippen LogP contribution is 2.39. The van der Waals surface area contributed by atoms with Crippen LogP contribution in [0.5, 0.6) is 5.75 Å². The van der Waals surface area contributed by atoms with Gasteiger partial charge in [0, 0.05) is 56.8 Å². The normalized spacial score (nSPS) is 20.0. The average molecular weight is 825 g/mol. The largest absolute Gasteiger partial charge is 0.491 e. The van der Waals surface area contributed by atoms with E-state index >= 15 is 4.39 Å². The highest BCUT2D eigenvalue weighted by atomic mass is 19.1. The Morgan fingerprint density at radius 1 is 0.867 bits per heavy atom. The quantitative estimate of drug-likeness (QED) is 0.133. The van der Waals surface area contributed by atoms with Crippen LogP contribution in [0.25, 0.3) is 0 Å². The zero-order valence-electron chi connectivity index (χ0n) is 34.2. The predicted molar refractivity (Wildman–Crippen MR) is 222 cm³/mol. The molecule has 15 heteroatoms. The van der Waals surface area contributed by atoms with Crippen molar-refractivity contribution in [2.24, 2.45) is 0 Å². The fraction of sp³-hybridized carbons (Fsp3) is 0.511. The third kappa shape index (κ3) is 8.86. The third-order valence-electron chi connectivity index (χ3n) is 12.9. The van der Waals surface area contributed by atoms with Gasteiger partial charge >= 0.3 is 0 Å². The highest BCUT2D eigenvalue weighted by molar-refractivity contribution is 6.05. The molecule has 1 unspecified atom stereocenters. The van der Waals surface area contributed by atoms with Gasteiger partial charge in [-0.05, 0) is 106 Å². The predicted octanol–water partition coefficient (Wildman–Crippen LogP) is 5.12. The summed E-state index contributed by atoms with van der Waals surface area (Å²) < 4.78 is 36.5. The molecule has 1 atom stereocenters. The van der Waals surface area contributed by atoms with Crippen LogP contribution in [0.2, 0.25) is 0 Å². The van der Waals surface area contributed by atoms with E-state index in [0.29, 0.717) is 69.3 Å². The summed E-state index contributed by atoms with van der Waals surface area (Å²) >= 11 is 0. The van der Waals surface area contributed by atoms with E-state index < -0.39 is 17.8 Å². The number of ether oxygens (including phenoxy) is 1. The fourth-order valence-electron chi connectivity index (χ4n) is 9.62. The molecule has 4 amide bonds. The van der Waals surface area contributed by atoms with Gasteiger partial charge in [-0.25, -0.2) is 18.7 Å². The number of piperidine rings is 2. The smallest absolute Gasteiger partial charge is 0.255 e. The van der Waals surface area contributed by atoms with Crippen molar-refractivity contribution in [1.82, 2.24) is 30.0 Å². The number of carbonyl (C=O) groups excluding carboxylic acids is 4. The van der Waals surface area contributed by atoms with Gasteiger partial charge in [-0.2, -0.15) is 0 Å². The second-order valence-corrected chi connectivity index (χ2v) is 16.6. The Bertz CT molecular complexity index is 2120. The summed E-state index contributed by atoms with van der Waals surface area (Å²) in [4.78, 5) is 68.8. The molecule has 3 saturated heterocycles. The number of rotatable bonds is 14. The maximum atomic E-state index is 15.4. The lowest BCUT2D eigenvalue weighted by Gasteiger charge is -2.37. The zero-order valence-corrected chi connectivity index (χ0v) is 34.2. The maximum Gasteiger partial charge on any atom is 0.255 e. The summed E-state index contributed by atoms with van der Waals surface area (Å²) in [6.45, 7) is 10.8. The van der Waals surface area contributed by atoms with Crippen LogP contribution < -0.4 is 19.9 Å². The number of nitrogens with one attached hydrogen (secondary N) is 1. The van der Waals surface area contributed by atoms with Crippen LogP contribution in [0.3, 0.4) is 0 Å². The first kappa shape index (κ1) is 41.3. The molecule has 0 aliphatic carbocycles. The number of amides is 4. The van der Waals surface area contributed by atoms with Gasteiger partial charge in [0.2, 0.25) is 17.7 Å². The minimum absolute atomic E-state index is 0.0571. The highest BCUT2D eigenvalue weighted by Gasteiger charge is 2.41. The third-order valence-corrected chi connectivity index (χ3v) is 12.9. The number of halogens is 2. The molecule has 1 N–H and O–H groups in total. The van der Waals surface area contributed by atoms with Crippen LogP contribution in [-0.4, -0.2) is 113 Å². The average Bonchev–Trinajstić information content (AvgIpc) is 3.58. The molecule has 318 valence electrons. The number of anilines is 2. The molecule has 13 nitrogen and oxygen atoms in total. The number of benzene rings is 2. The number of fused-ring (bicyclic) bond motifs is 2. The number of hydrogen-bond donors (Lipinski definition) is 1. The van der Waals surface area contributed by atoms with Gasteiger partial charge in [0.05, 0.1) is 18.8 Å².